The summed E-state index contributed by atoms with van der Waals surface area (Å²) < 4.78 is 3.87. The van der Waals surface area contributed by atoms with Crippen molar-refractivity contribution < 1.29 is 0 Å². The molecule has 0 aromatic carbocycles. The minimum Gasteiger partial charge on any atom is -0.357 e. The van der Waals surface area contributed by atoms with Gasteiger partial charge in [0.1, 0.15) is 12.2 Å². The summed E-state index contributed by atoms with van der Waals surface area (Å²) in [6.07, 6.45) is 4.49. The van der Waals surface area contributed by atoms with Crippen LogP contribution in [0.15, 0.2) is 34.3 Å². The van der Waals surface area contributed by atoms with E-state index in [0.29, 0.717) is 0 Å². The van der Waals surface area contributed by atoms with Crippen molar-refractivity contribution in [1.82, 2.24) is 30.0 Å². The highest BCUT2D eigenvalue weighted by molar-refractivity contribution is 5.79. The maximum Gasteiger partial charge on any atom is 0.250 e. The lowest BCUT2D eigenvalue weighted by atomic mass is 10.3. The van der Waals surface area contributed by atoms with E-state index in [1.165, 1.54) is 0 Å². The molecule has 0 fully saturated rings. The topological polar surface area (TPSA) is 89.1 Å². The number of nitrogens with one attached hydrogen (secondary N) is 2. The maximum atomic E-state index is 11.9. The molecule has 0 saturated carbocycles. The molecule has 0 bridgehead atoms. The van der Waals surface area contributed by atoms with Crippen molar-refractivity contribution in [2.75, 3.05) is 19.6 Å². The summed E-state index contributed by atoms with van der Waals surface area (Å²) in [5, 5.41) is 14.6. The average molecular weight is 374 g/mol. The lowest BCUT2D eigenvalue weighted by molar-refractivity contribution is 0.584. The normalized spacial score (nSPS) is 11.6. The van der Waals surface area contributed by atoms with E-state index >= 15 is 0 Å². The van der Waals surface area contributed by atoms with E-state index in [9.17, 15) is 4.79 Å². The van der Waals surface area contributed by atoms with Gasteiger partial charge < -0.3 is 19.8 Å². The third-order valence-corrected chi connectivity index (χ3v) is 4.33. The van der Waals surface area contributed by atoms with Gasteiger partial charge in [0.15, 0.2) is 5.96 Å². The summed E-state index contributed by atoms with van der Waals surface area (Å²) in [5.74, 6) is 1.81. The van der Waals surface area contributed by atoms with E-state index in [2.05, 4.69) is 44.2 Å². The van der Waals surface area contributed by atoms with Gasteiger partial charge in [-0.3, -0.25) is 9.79 Å². The summed E-state index contributed by atoms with van der Waals surface area (Å²) in [6, 6.07) is 5.38. The number of aromatic nitrogens is 4. The van der Waals surface area contributed by atoms with Gasteiger partial charge in [0.05, 0.1) is 0 Å². The van der Waals surface area contributed by atoms with Crippen molar-refractivity contribution in [2.45, 2.75) is 53.1 Å². The predicted molar refractivity (Wildman–Crippen MR) is 108 cm³/mol. The second-order valence-electron chi connectivity index (χ2n) is 6.35. The van der Waals surface area contributed by atoms with Gasteiger partial charge in [0.25, 0.3) is 5.56 Å². The van der Waals surface area contributed by atoms with Gasteiger partial charge in [0.2, 0.25) is 0 Å². The fourth-order valence-electron chi connectivity index (χ4n) is 2.86. The van der Waals surface area contributed by atoms with Crippen molar-refractivity contribution in [1.29, 1.82) is 0 Å². The first-order chi connectivity index (χ1) is 13.2. The van der Waals surface area contributed by atoms with Crippen molar-refractivity contribution >= 4 is 5.96 Å². The molecule has 0 amide bonds. The van der Waals surface area contributed by atoms with Crippen molar-refractivity contribution in [3.8, 4) is 0 Å². The molecule has 2 aromatic heterocycles. The molecule has 2 N–H and O–H groups in total. The number of hydrogen-bond donors (Lipinski definition) is 2. The van der Waals surface area contributed by atoms with Crippen LogP contribution in [0.4, 0.5) is 0 Å². The molecule has 8 heteroatoms. The van der Waals surface area contributed by atoms with Crippen LogP contribution in [0.25, 0.3) is 0 Å². The van der Waals surface area contributed by atoms with E-state index in [0.717, 1.165) is 69.5 Å². The highest BCUT2D eigenvalue weighted by Crippen LogP contribution is 1.99. The van der Waals surface area contributed by atoms with Crippen LogP contribution in [0.3, 0.4) is 0 Å². The second-order valence-corrected chi connectivity index (χ2v) is 6.35. The zero-order valence-electron chi connectivity index (χ0n) is 16.6. The molecule has 0 spiro atoms. The summed E-state index contributed by atoms with van der Waals surface area (Å²) in [6.45, 7) is 9.93. The van der Waals surface area contributed by atoms with E-state index in [4.69, 9.17) is 0 Å². The van der Waals surface area contributed by atoms with Gasteiger partial charge in [-0.25, -0.2) is 0 Å². The molecule has 0 atom stereocenters. The average Bonchev–Trinajstić information content (AvgIpc) is 3.11. The van der Waals surface area contributed by atoms with Crippen LogP contribution in [0.2, 0.25) is 0 Å². The third kappa shape index (κ3) is 6.54. The second kappa shape index (κ2) is 11.2. The van der Waals surface area contributed by atoms with Gasteiger partial charge in [-0.15, -0.1) is 10.2 Å². The highest BCUT2D eigenvalue weighted by atomic mass is 16.1. The van der Waals surface area contributed by atoms with Gasteiger partial charge >= 0.3 is 0 Å². The van der Waals surface area contributed by atoms with E-state index < -0.39 is 0 Å². The smallest absolute Gasteiger partial charge is 0.250 e. The van der Waals surface area contributed by atoms with Gasteiger partial charge in [-0.05, 0) is 32.8 Å². The molecule has 2 heterocycles. The number of guanidine groups is 1. The zero-order chi connectivity index (χ0) is 19.5. The first-order valence-corrected chi connectivity index (χ1v) is 9.71. The van der Waals surface area contributed by atoms with Crippen LogP contribution >= 0.6 is 0 Å². The monoisotopic (exact) mass is 373 g/mol. The zero-order valence-corrected chi connectivity index (χ0v) is 16.6. The molecule has 0 aliphatic heterocycles. The lowest BCUT2D eigenvalue weighted by Crippen LogP contribution is -2.39. The Morgan fingerprint density at radius 2 is 2.04 bits per heavy atom. The molecule has 2 rings (SSSR count). The molecule has 27 heavy (non-hydrogen) atoms. The molecule has 2 aromatic rings. The Morgan fingerprint density at radius 3 is 2.78 bits per heavy atom. The minimum atomic E-state index is 0.0638. The van der Waals surface area contributed by atoms with Crippen molar-refractivity contribution in [3.63, 3.8) is 0 Å². The van der Waals surface area contributed by atoms with Crippen LogP contribution in [0.1, 0.15) is 38.2 Å². The summed E-state index contributed by atoms with van der Waals surface area (Å²) in [7, 11) is 0. The molecule has 0 aliphatic rings. The number of aryl methyl sites for hydroxylation is 2. The third-order valence-electron chi connectivity index (χ3n) is 4.33. The molecular weight excluding hydrogens is 342 g/mol. The molecule has 0 unspecified atom stereocenters. The van der Waals surface area contributed by atoms with E-state index in [1.807, 2.05) is 17.6 Å². The Kier molecular flexibility index (Phi) is 8.54. The standard InChI is InChI=1S/C19H31N7O/c1-4-17-24-23-15-25(17)14-12-22-19(20-5-2)21-11-6-7-13-26-16(3)9-8-10-18(26)27/h8-10,15H,4-7,11-14H2,1-3H3,(H2,20,21,22). The molecule has 8 nitrogen and oxygen atoms in total. The van der Waals surface area contributed by atoms with Gasteiger partial charge in [0, 0.05) is 50.9 Å². The molecule has 0 radical (unpaired) electrons. The first-order valence-electron chi connectivity index (χ1n) is 9.71. The Hall–Kier alpha value is -2.64. The Balaban J connectivity index is 1.75. The Bertz CT molecular complexity index is 778. The maximum absolute atomic E-state index is 11.9. The number of nitrogens with zero attached hydrogens (tertiary/aromatic N) is 5. The van der Waals surface area contributed by atoms with Crippen molar-refractivity contribution in [3.05, 3.63) is 46.4 Å². The minimum absolute atomic E-state index is 0.0638. The Morgan fingerprint density at radius 1 is 1.19 bits per heavy atom. The van der Waals surface area contributed by atoms with Crippen LogP contribution in [-0.4, -0.2) is 44.9 Å². The highest BCUT2D eigenvalue weighted by Gasteiger charge is 2.02. The molecule has 148 valence electrons. The van der Waals surface area contributed by atoms with Gasteiger partial charge in [-0.2, -0.15) is 0 Å². The molecule has 0 saturated heterocycles. The molecular formula is C19H31N7O. The number of unbranched alkanes of at least 4 members (excludes halogenated alkanes) is 1. The summed E-state index contributed by atoms with van der Waals surface area (Å²) in [4.78, 5) is 16.5. The van der Waals surface area contributed by atoms with Crippen LogP contribution < -0.4 is 16.2 Å². The number of rotatable bonds is 10. The van der Waals surface area contributed by atoms with Crippen LogP contribution in [0.5, 0.6) is 0 Å². The predicted octanol–water partition coefficient (Wildman–Crippen LogP) is 1.35. The Labute approximate surface area is 160 Å². The van der Waals surface area contributed by atoms with E-state index in [1.54, 1.807) is 18.5 Å². The fraction of sp³-hybridized carbons (Fsp3) is 0.579. The van der Waals surface area contributed by atoms with Crippen LogP contribution in [-0.2, 0) is 19.5 Å². The molecule has 0 aliphatic carbocycles. The van der Waals surface area contributed by atoms with Crippen LogP contribution in [0, 0.1) is 6.92 Å². The largest absolute Gasteiger partial charge is 0.357 e. The van der Waals surface area contributed by atoms with E-state index in [-0.39, 0.29) is 5.56 Å². The number of pyridine rings is 1. The SMILES string of the molecule is CCNC(=NCCCCn1c(C)cccc1=O)NCCn1cnnc1CC. The first kappa shape index (κ1) is 20.7. The fourth-order valence-corrected chi connectivity index (χ4v) is 2.86. The number of hydrogen-bond acceptors (Lipinski definition) is 4. The quantitative estimate of drug-likeness (QED) is 0.373. The van der Waals surface area contributed by atoms with Crippen molar-refractivity contribution in [2.24, 2.45) is 4.99 Å². The van der Waals surface area contributed by atoms with Gasteiger partial charge in [-0.1, -0.05) is 13.0 Å². The lowest BCUT2D eigenvalue weighted by Gasteiger charge is -2.12. The summed E-state index contributed by atoms with van der Waals surface area (Å²) in [5.41, 5.74) is 1.07. The number of aliphatic imine (C=N–C) groups is 1. The summed E-state index contributed by atoms with van der Waals surface area (Å²) >= 11 is 0.